The molecule has 98 valence electrons. The van der Waals surface area contributed by atoms with Crippen molar-refractivity contribution < 1.29 is 9.90 Å². The van der Waals surface area contributed by atoms with Crippen LogP contribution in [0.5, 0.6) is 5.75 Å². The maximum absolute atomic E-state index is 12.3. The van der Waals surface area contributed by atoms with Crippen LogP contribution in [0.2, 0.25) is 0 Å². The lowest BCUT2D eigenvalue weighted by Gasteiger charge is -2.26. The molecule has 2 aromatic rings. The summed E-state index contributed by atoms with van der Waals surface area (Å²) in [6, 6.07) is 6.26. The largest absolute Gasteiger partial charge is 0.508 e. The number of hydrogen-bond donors (Lipinski definition) is 3. The lowest BCUT2D eigenvalue weighted by molar-refractivity contribution is 0.0732. The van der Waals surface area contributed by atoms with Crippen LogP contribution in [0.3, 0.4) is 0 Å². The fourth-order valence-electron chi connectivity index (χ4n) is 2.33. The SMILES string of the molecule is O=C(c1cccc(O)c1)N1CCc2c([nH][nH]c2=O)C1. The number of aromatic amines is 2. The number of carbonyl (C=O) groups is 1. The Kier molecular flexibility index (Phi) is 2.63. The molecule has 3 rings (SSSR count). The summed E-state index contributed by atoms with van der Waals surface area (Å²) >= 11 is 0. The molecular weight excluding hydrogens is 246 g/mol. The number of phenols is 1. The van der Waals surface area contributed by atoms with Gasteiger partial charge in [-0.15, -0.1) is 0 Å². The average Bonchev–Trinajstić information content (AvgIpc) is 2.79. The van der Waals surface area contributed by atoms with Crippen molar-refractivity contribution in [2.45, 2.75) is 13.0 Å². The third-order valence-electron chi connectivity index (χ3n) is 3.33. The number of nitrogens with one attached hydrogen (secondary N) is 2. The summed E-state index contributed by atoms with van der Waals surface area (Å²) in [7, 11) is 0. The molecule has 0 bridgehead atoms. The minimum Gasteiger partial charge on any atom is -0.508 e. The molecule has 2 heterocycles. The van der Waals surface area contributed by atoms with E-state index in [0.717, 1.165) is 11.3 Å². The van der Waals surface area contributed by atoms with Gasteiger partial charge in [0.25, 0.3) is 11.5 Å². The molecule has 1 aromatic heterocycles. The van der Waals surface area contributed by atoms with Crippen molar-refractivity contribution in [3.05, 3.63) is 51.4 Å². The normalized spacial score (nSPS) is 14.2. The Labute approximate surface area is 108 Å². The van der Waals surface area contributed by atoms with Crippen molar-refractivity contribution in [2.75, 3.05) is 6.54 Å². The van der Waals surface area contributed by atoms with Gasteiger partial charge in [0.1, 0.15) is 5.75 Å². The molecule has 0 aliphatic carbocycles. The Morgan fingerprint density at radius 1 is 1.32 bits per heavy atom. The molecule has 1 aliphatic rings. The molecule has 0 fully saturated rings. The zero-order chi connectivity index (χ0) is 13.4. The van der Waals surface area contributed by atoms with Crippen molar-refractivity contribution in [1.82, 2.24) is 15.1 Å². The maximum atomic E-state index is 12.3. The second-order valence-corrected chi connectivity index (χ2v) is 4.56. The van der Waals surface area contributed by atoms with Gasteiger partial charge in [0.15, 0.2) is 0 Å². The fourth-order valence-corrected chi connectivity index (χ4v) is 2.33. The van der Waals surface area contributed by atoms with Crippen molar-refractivity contribution >= 4 is 5.91 Å². The quantitative estimate of drug-likeness (QED) is 0.701. The lowest BCUT2D eigenvalue weighted by Crippen LogP contribution is -2.36. The molecule has 0 unspecified atom stereocenters. The van der Waals surface area contributed by atoms with Crippen LogP contribution in [0.1, 0.15) is 21.6 Å². The van der Waals surface area contributed by atoms with Crippen molar-refractivity contribution in [2.24, 2.45) is 0 Å². The van der Waals surface area contributed by atoms with E-state index >= 15 is 0 Å². The van der Waals surface area contributed by atoms with Crippen LogP contribution in [0.15, 0.2) is 29.1 Å². The van der Waals surface area contributed by atoms with Crippen LogP contribution in [0.4, 0.5) is 0 Å². The summed E-state index contributed by atoms with van der Waals surface area (Å²) in [6.07, 6.45) is 0.540. The first-order valence-corrected chi connectivity index (χ1v) is 6.02. The Bertz CT molecular complexity index is 686. The molecule has 6 heteroatoms. The molecule has 0 saturated carbocycles. The van der Waals surface area contributed by atoms with Crippen molar-refractivity contribution in [3.8, 4) is 5.75 Å². The molecule has 0 atom stereocenters. The van der Waals surface area contributed by atoms with Gasteiger partial charge in [-0.3, -0.25) is 14.7 Å². The van der Waals surface area contributed by atoms with Crippen molar-refractivity contribution in [3.63, 3.8) is 0 Å². The van der Waals surface area contributed by atoms with E-state index in [-0.39, 0.29) is 17.2 Å². The predicted octanol–water partition coefficient (Wildman–Crippen LogP) is 0.607. The number of rotatable bonds is 1. The van der Waals surface area contributed by atoms with Crippen LogP contribution in [0.25, 0.3) is 0 Å². The Morgan fingerprint density at radius 3 is 2.95 bits per heavy atom. The first kappa shape index (κ1) is 11.6. The number of carbonyl (C=O) groups excluding carboxylic acids is 1. The Balaban J connectivity index is 1.85. The number of aromatic nitrogens is 2. The van der Waals surface area contributed by atoms with E-state index in [1.807, 2.05) is 0 Å². The van der Waals surface area contributed by atoms with Gasteiger partial charge in [0.05, 0.1) is 12.2 Å². The minimum atomic E-state index is -0.149. The third-order valence-corrected chi connectivity index (χ3v) is 3.33. The van der Waals surface area contributed by atoms with E-state index in [9.17, 15) is 14.7 Å². The lowest BCUT2D eigenvalue weighted by atomic mass is 10.1. The van der Waals surface area contributed by atoms with E-state index in [4.69, 9.17) is 0 Å². The summed E-state index contributed by atoms with van der Waals surface area (Å²) in [5, 5.41) is 14.7. The second-order valence-electron chi connectivity index (χ2n) is 4.56. The van der Waals surface area contributed by atoms with Gasteiger partial charge in [0, 0.05) is 17.7 Å². The number of fused-ring (bicyclic) bond motifs is 1. The van der Waals surface area contributed by atoms with Crippen LogP contribution < -0.4 is 5.56 Å². The van der Waals surface area contributed by atoms with Gasteiger partial charge in [-0.25, -0.2) is 0 Å². The topological polar surface area (TPSA) is 89.2 Å². The number of benzene rings is 1. The molecule has 1 aromatic carbocycles. The molecule has 0 spiro atoms. The monoisotopic (exact) mass is 259 g/mol. The van der Waals surface area contributed by atoms with E-state index in [1.165, 1.54) is 12.1 Å². The average molecular weight is 259 g/mol. The minimum absolute atomic E-state index is 0.0681. The van der Waals surface area contributed by atoms with Gasteiger partial charge in [-0.05, 0) is 24.6 Å². The summed E-state index contributed by atoms with van der Waals surface area (Å²) in [5.41, 5.74) is 1.81. The van der Waals surface area contributed by atoms with Gasteiger partial charge >= 0.3 is 0 Å². The maximum Gasteiger partial charge on any atom is 0.267 e. The summed E-state index contributed by atoms with van der Waals surface area (Å²) in [4.78, 5) is 25.4. The highest BCUT2D eigenvalue weighted by atomic mass is 16.3. The predicted molar refractivity (Wildman–Crippen MR) is 68.0 cm³/mol. The van der Waals surface area contributed by atoms with Crippen LogP contribution in [-0.2, 0) is 13.0 Å². The number of phenolic OH excluding ortho intramolecular Hbond substituents is 1. The number of H-pyrrole nitrogens is 2. The molecule has 3 N–H and O–H groups in total. The smallest absolute Gasteiger partial charge is 0.267 e. The summed E-state index contributed by atoms with van der Waals surface area (Å²) in [6.45, 7) is 0.880. The molecule has 1 amide bonds. The third kappa shape index (κ3) is 2.01. The van der Waals surface area contributed by atoms with Crippen LogP contribution in [0, 0.1) is 0 Å². The highest BCUT2D eigenvalue weighted by Crippen LogP contribution is 2.18. The number of aromatic hydroxyl groups is 1. The van der Waals surface area contributed by atoms with Gasteiger partial charge in [0.2, 0.25) is 0 Å². The van der Waals surface area contributed by atoms with E-state index in [1.54, 1.807) is 17.0 Å². The summed E-state index contributed by atoms with van der Waals surface area (Å²) in [5.74, 6) is -0.0813. The van der Waals surface area contributed by atoms with E-state index in [2.05, 4.69) is 10.2 Å². The number of hydrogen-bond acceptors (Lipinski definition) is 3. The zero-order valence-corrected chi connectivity index (χ0v) is 10.1. The highest BCUT2D eigenvalue weighted by Gasteiger charge is 2.24. The molecule has 6 nitrogen and oxygen atoms in total. The molecular formula is C13H13N3O3. The Morgan fingerprint density at radius 2 is 2.16 bits per heavy atom. The highest BCUT2D eigenvalue weighted by molar-refractivity contribution is 5.94. The first-order chi connectivity index (χ1) is 9.15. The molecule has 19 heavy (non-hydrogen) atoms. The van der Waals surface area contributed by atoms with Gasteiger partial charge in [-0.2, -0.15) is 0 Å². The van der Waals surface area contributed by atoms with Gasteiger partial charge < -0.3 is 15.1 Å². The molecule has 0 radical (unpaired) electrons. The fraction of sp³-hybridized carbons (Fsp3) is 0.231. The second kappa shape index (κ2) is 4.31. The van der Waals surface area contributed by atoms with Gasteiger partial charge in [-0.1, -0.05) is 6.07 Å². The number of amides is 1. The summed E-state index contributed by atoms with van der Waals surface area (Å²) < 4.78 is 0. The van der Waals surface area contributed by atoms with Crippen molar-refractivity contribution in [1.29, 1.82) is 0 Å². The first-order valence-electron chi connectivity index (χ1n) is 6.02. The van der Waals surface area contributed by atoms with Crippen LogP contribution >= 0.6 is 0 Å². The van der Waals surface area contributed by atoms with E-state index < -0.39 is 0 Å². The molecule has 1 aliphatic heterocycles. The standard InChI is InChI=1S/C13H13N3O3/c17-9-3-1-2-8(6-9)13(19)16-5-4-10-11(7-16)14-15-12(10)18/h1-3,6,17H,4-5,7H2,(H2,14,15,18). The Hall–Kier alpha value is -2.50. The van der Waals surface area contributed by atoms with E-state index in [0.29, 0.717) is 25.1 Å². The van der Waals surface area contributed by atoms with Crippen LogP contribution in [-0.4, -0.2) is 32.7 Å². The molecule has 0 saturated heterocycles. The zero-order valence-electron chi connectivity index (χ0n) is 10.1. The number of nitrogens with zero attached hydrogens (tertiary/aromatic N) is 1.